The van der Waals surface area contributed by atoms with E-state index >= 15 is 0 Å². The van der Waals surface area contributed by atoms with Crippen LogP contribution in [0.4, 0.5) is 5.82 Å². The van der Waals surface area contributed by atoms with Crippen molar-refractivity contribution >= 4 is 11.9 Å². The normalized spacial score (nSPS) is 27.2. The number of rotatable bonds is 3. The molecule has 2 fully saturated rings. The summed E-state index contributed by atoms with van der Waals surface area (Å²) in [6, 6.07) is 4.18. The molecule has 16 heavy (non-hydrogen) atoms. The molecule has 1 aliphatic heterocycles. The highest BCUT2D eigenvalue weighted by Gasteiger charge is 2.45. The zero-order valence-corrected chi connectivity index (χ0v) is 9.47. The third kappa shape index (κ3) is 1.77. The predicted molar refractivity (Wildman–Crippen MR) is 64.1 cm³/mol. The van der Waals surface area contributed by atoms with Gasteiger partial charge in [0.05, 0.1) is 13.4 Å². The van der Waals surface area contributed by atoms with Gasteiger partial charge in [-0.15, -0.1) is 0 Å². The van der Waals surface area contributed by atoms with Crippen molar-refractivity contribution in [3.8, 4) is 0 Å². The first-order valence-electron chi connectivity index (χ1n) is 5.77. The minimum Gasteiger partial charge on any atom is -0.504 e. The van der Waals surface area contributed by atoms with Crippen LogP contribution >= 0.6 is 0 Å². The molecule has 1 aliphatic carbocycles. The van der Waals surface area contributed by atoms with Gasteiger partial charge >= 0.3 is 0 Å². The number of hydrogen-bond acceptors (Lipinski definition) is 3. The first-order chi connectivity index (χ1) is 7.86. The van der Waals surface area contributed by atoms with Gasteiger partial charge in [0.25, 0.3) is 0 Å². The van der Waals surface area contributed by atoms with Crippen molar-refractivity contribution in [2.75, 3.05) is 25.1 Å². The molecule has 2 unspecified atom stereocenters. The average molecular weight is 216 g/mol. The molecule has 3 nitrogen and oxygen atoms in total. The quantitative estimate of drug-likeness (QED) is 0.724. The third-order valence-electron chi connectivity index (χ3n) is 3.47. The molecule has 1 saturated heterocycles. The number of methoxy groups -OCH3 is 1. The Morgan fingerprint density at radius 1 is 1.38 bits per heavy atom. The maximum atomic E-state index is 4.88. The van der Waals surface area contributed by atoms with Crippen molar-refractivity contribution in [2.24, 2.45) is 11.8 Å². The molecule has 3 heteroatoms. The van der Waals surface area contributed by atoms with Crippen LogP contribution in [0.3, 0.4) is 0 Å². The van der Waals surface area contributed by atoms with Crippen LogP contribution in [0.5, 0.6) is 0 Å². The first kappa shape index (κ1) is 9.70. The smallest absolute Gasteiger partial charge is 0.128 e. The lowest BCUT2D eigenvalue weighted by molar-refractivity contribution is 0.341. The van der Waals surface area contributed by atoms with Gasteiger partial charge in [-0.3, -0.25) is 0 Å². The lowest BCUT2D eigenvalue weighted by Crippen LogP contribution is -2.22. The Hall–Kier alpha value is -1.51. The number of piperidine rings is 1. The summed E-state index contributed by atoms with van der Waals surface area (Å²) in [6.45, 7) is 2.40. The summed E-state index contributed by atoms with van der Waals surface area (Å²) in [7, 11) is 1.65. The molecule has 0 amide bonds. The highest BCUT2D eigenvalue weighted by atomic mass is 16.5. The van der Waals surface area contributed by atoms with E-state index in [-0.39, 0.29) is 0 Å². The molecule has 84 valence electrons. The summed E-state index contributed by atoms with van der Waals surface area (Å²) < 4.78 is 4.88. The fraction of sp³-hybridized carbons (Fsp3) is 0.462. The molecule has 2 atom stereocenters. The second kappa shape index (κ2) is 3.81. The molecule has 3 rings (SSSR count). The van der Waals surface area contributed by atoms with Gasteiger partial charge in [-0.05, 0) is 42.0 Å². The number of fused-ring (bicyclic) bond motifs is 1. The SMILES string of the molecule is COC=Cc1ccc(N2CC3CC3C2)nc1. The zero-order valence-electron chi connectivity index (χ0n) is 9.47. The Labute approximate surface area is 95.7 Å². The van der Waals surface area contributed by atoms with Gasteiger partial charge in [-0.1, -0.05) is 0 Å². The Kier molecular flexibility index (Phi) is 2.31. The maximum absolute atomic E-state index is 4.88. The topological polar surface area (TPSA) is 25.4 Å². The molecule has 2 heterocycles. The molecular weight excluding hydrogens is 200 g/mol. The van der Waals surface area contributed by atoms with E-state index in [0.29, 0.717) is 0 Å². The van der Waals surface area contributed by atoms with E-state index in [1.165, 1.54) is 19.5 Å². The second-order valence-corrected chi connectivity index (χ2v) is 4.65. The minimum atomic E-state index is 0.954. The summed E-state index contributed by atoms with van der Waals surface area (Å²) in [5, 5.41) is 0. The first-order valence-corrected chi connectivity index (χ1v) is 5.77. The maximum Gasteiger partial charge on any atom is 0.128 e. The number of hydrogen-bond donors (Lipinski definition) is 0. The summed E-state index contributed by atoms with van der Waals surface area (Å²) in [6.07, 6.45) is 6.92. The Morgan fingerprint density at radius 2 is 2.19 bits per heavy atom. The highest BCUT2D eigenvalue weighted by Crippen LogP contribution is 2.45. The van der Waals surface area contributed by atoms with Gasteiger partial charge in [0.15, 0.2) is 0 Å². The van der Waals surface area contributed by atoms with E-state index in [4.69, 9.17) is 4.74 Å². The largest absolute Gasteiger partial charge is 0.504 e. The van der Waals surface area contributed by atoms with Gasteiger partial charge in [-0.2, -0.15) is 0 Å². The van der Waals surface area contributed by atoms with Gasteiger partial charge in [0.1, 0.15) is 5.82 Å². The van der Waals surface area contributed by atoms with Crippen LogP contribution < -0.4 is 4.90 Å². The van der Waals surface area contributed by atoms with Crippen LogP contribution in [0.25, 0.3) is 6.08 Å². The van der Waals surface area contributed by atoms with Gasteiger partial charge < -0.3 is 9.64 Å². The van der Waals surface area contributed by atoms with E-state index in [0.717, 1.165) is 23.2 Å². The number of nitrogens with zero attached hydrogens (tertiary/aromatic N) is 2. The monoisotopic (exact) mass is 216 g/mol. The Morgan fingerprint density at radius 3 is 2.81 bits per heavy atom. The van der Waals surface area contributed by atoms with Crippen LogP contribution in [0.1, 0.15) is 12.0 Å². The van der Waals surface area contributed by atoms with Gasteiger partial charge in [-0.25, -0.2) is 4.98 Å². The van der Waals surface area contributed by atoms with Crippen LogP contribution in [-0.4, -0.2) is 25.2 Å². The summed E-state index contributed by atoms with van der Waals surface area (Å²) in [5.74, 6) is 3.02. The fourth-order valence-corrected chi connectivity index (χ4v) is 2.42. The van der Waals surface area contributed by atoms with Crippen LogP contribution in [0.2, 0.25) is 0 Å². The zero-order chi connectivity index (χ0) is 11.0. The van der Waals surface area contributed by atoms with Crippen molar-refractivity contribution in [1.29, 1.82) is 0 Å². The summed E-state index contributed by atoms with van der Waals surface area (Å²) in [5.41, 5.74) is 1.08. The van der Waals surface area contributed by atoms with E-state index in [1.807, 2.05) is 12.3 Å². The van der Waals surface area contributed by atoms with E-state index in [9.17, 15) is 0 Å². The lowest BCUT2D eigenvalue weighted by Gasteiger charge is -2.18. The molecule has 2 aliphatic rings. The fourth-order valence-electron chi connectivity index (χ4n) is 2.42. The van der Waals surface area contributed by atoms with Gasteiger partial charge in [0, 0.05) is 19.3 Å². The van der Waals surface area contributed by atoms with Crippen molar-refractivity contribution in [3.63, 3.8) is 0 Å². The molecule has 0 aromatic carbocycles. The van der Waals surface area contributed by atoms with Crippen molar-refractivity contribution in [2.45, 2.75) is 6.42 Å². The van der Waals surface area contributed by atoms with Crippen molar-refractivity contribution in [1.82, 2.24) is 4.98 Å². The Balaban J connectivity index is 1.69. The molecule has 0 spiro atoms. The summed E-state index contributed by atoms with van der Waals surface area (Å²) >= 11 is 0. The molecule has 1 aromatic rings. The highest BCUT2D eigenvalue weighted by molar-refractivity contribution is 5.51. The third-order valence-corrected chi connectivity index (χ3v) is 3.47. The summed E-state index contributed by atoms with van der Waals surface area (Å²) in [4.78, 5) is 6.88. The predicted octanol–water partition coefficient (Wildman–Crippen LogP) is 2.15. The van der Waals surface area contributed by atoms with E-state index in [1.54, 1.807) is 13.4 Å². The second-order valence-electron chi connectivity index (χ2n) is 4.65. The van der Waals surface area contributed by atoms with E-state index in [2.05, 4.69) is 22.0 Å². The standard InChI is InChI=1S/C13H16N2O/c1-16-5-4-10-2-3-13(14-7-10)15-8-11-6-12(11)9-15/h2-5,7,11-12H,6,8-9H2,1H3. The minimum absolute atomic E-state index is 0.954. The van der Waals surface area contributed by atoms with Crippen LogP contribution in [0, 0.1) is 11.8 Å². The number of aromatic nitrogens is 1. The van der Waals surface area contributed by atoms with Crippen LogP contribution in [0.15, 0.2) is 24.6 Å². The molecule has 0 bridgehead atoms. The Bertz CT molecular complexity index is 389. The number of anilines is 1. The van der Waals surface area contributed by atoms with E-state index < -0.39 is 0 Å². The van der Waals surface area contributed by atoms with Crippen LogP contribution in [-0.2, 0) is 4.74 Å². The van der Waals surface area contributed by atoms with Crippen molar-refractivity contribution < 1.29 is 4.74 Å². The molecule has 1 saturated carbocycles. The molecule has 0 radical (unpaired) electrons. The molecule has 1 aromatic heterocycles. The number of ether oxygens (including phenoxy) is 1. The van der Waals surface area contributed by atoms with Crippen molar-refractivity contribution in [3.05, 3.63) is 30.2 Å². The molecule has 0 N–H and O–H groups in total. The number of pyridine rings is 1. The molecular formula is C13H16N2O. The average Bonchev–Trinajstić information content (AvgIpc) is 2.94. The lowest BCUT2D eigenvalue weighted by atomic mass is 10.2. The van der Waals surface area contributed by atoms with Gasteiger partial charge in [0.2, 0.25) is 0 Å².